The molecule has 0 radical (unpaired) electrons. The van der Waals surface area contributed by atoms with Crippen LogP contribution < -0.4 is 5.32 Å². The Balaban J connectivity index is 1.16. The van der Waals surface area contributed by atoms with E-state index in [0.717, 1.165) is 27.9 Å². The fourth-order valence-electron chi connectivity index (χ4n) is 4.86. The van der Waals surface area contributed by atoms with Crippen LogP contribution in [0.5, 0.6) is 0 Å². The highest BCUT2D eigenvalue weighted by molar-refractivity contribution is 7.99. The molecule has 0 spiro atoms. The zero-order valence-corrected chi connectivity index (χ0v) is 24.1. The fourth-order valence-corrected chi connectivity index (χ4v) is 5.77. The van der Waals surface area contributed by atoms with Gasteiger partial charge in [-0.15, -0.1) is 5.10 Å². The second-order valence-corrected chi connectivity index (χ2v) is 11.1. The molecule has 0 bridgehead atoms. The number of carbonyl (C=O) groups excluding carboxylic acids is 1. The van der Waals surface area contributed by atoms with Gasteiger partial charge in [0, 0.05) is 29.8 Å². The molecule has 1 aliphatic rings. The first-order valence-electron chi connectivity index (χ1n) is 14.1. The second-order valence-electron chi connectivity index (χ2n) is 10.2. The number of tetrazole rings is 1. The summed E-state index contributed by atoms with van der Waals surface area (Å²) in [6.45, 7) is 0.403. The van der Waals surface area contributed by atoms with Gasteiger partial charge in [0.1, 0.15) is 0 Å². The average Bonchev–Trinajstić information content (AvgIpc) is 3.56. The molecule has 6 rings (SSSR count). The molecule has 5 aromatic rings. The molecule has 3 atom stereocenters. The van der Waals surface area contributed by atoms with Crippen molar-refractivity contribution >= 4 is 17.7 Å². The van der Waals surface area contributed by atoms with Gasteiger partial charge in [-0.1, -0.05) is 96.7 Å². The van der Waals surface area contributed by atoms with Gasteiger partial charge in [0.05, 0.1) is 24.5 Å². The number of hydrogen-bond acceptors (Lipinski definition) is 8. The summed E-state index contributed by atoms with van der Waals surface area (Å²) in [6.07, 6.45) is -0.276. The minimum Gasteiger partial charge on any atom is -0.392 e. The molecule has 2 N–H and O–H groups in total. The summed E-state index contributed by atoms with van der Waals surface area (Å²) in [5, 5.41) is 25.4. The largest absolute Gasteiger partial charge is 0.392 e. The van der Waals surface area contributed by atoms with Crippen LogP contribution in [0.15, 0.2) is 114 Å². The van der Waals surface area contributed by atoms with Gasteiger partial charge in [-0.3, -0.25) is 4.79 Å². The van der Waals surface area contributed by atoms with Crippen LogP contribution in [0.4, 0.5) is 0 Å². The van der Waals surface area contributed by atoms with E-state index in [2.05, 4.69) is 20.8 Å². The number of rotatable bonds is 10. The van der Waals surface area contributed by atoms with Gasteiger partial charge in [-0.05, 0) is 51.4 Å². The molecule has 1 fully saturated rings. The molecule has 10 heteroatoms. The first-order chi connectivity index (χ1) is 21.2. The zero-order chi connectivity index (χ0) is 29.4. The monoisotopic (exact) mass is 593 g/mol. The van der Waals surface area contributed by atoms with Crippen LogP contribution in [0.3, 0.4) is 0 Å². The molecule has 1 aliphatic heterocycles. The van der Waals surface area contributed by atoms with Gasteiger partial charge in [-0.2, -0.15) is 4.68 Å². The van der Waals surface area contributed by atoms with Crippen molar-refractivity contribution in [3.63, 3.8) is 0 Å². The van der Waals surface area contributed by atoms with Crippen molar-refractivity contribution in [1.82, 2.24) is 25.5 Å². The number of aliphatic hydroxyl groups is 1. The fraction of sp³-hybridized carbons (Fsp3) is 0.212. The number of amides is 1. The van der Waals surface area contributed by atoms with Crippen LogP contribution in [0, 0.1) is 0 Å². The normalized spacial score (nSPS) is 18.3. The van der Waals surface area contributed by atoms with E-state index in [0.29, 0.717) is 29.4 Å². The van der Waals surface area contributed by atoms with E-state index in [-0.39, 0.29) is 24.7 Å². The molecule has 43 heavy (non-hydrogen) atoms. The molecular formula is C33H31N5O4S. The van der Waals surface area contributed by atoms with Crippen molar-refractivity contribution < 1.29 is 19.4 Å². The lowest BCUT2D eigenvalue weighted by Gasteiger charge is -2.36. The summed E-state index contributed by atoms with van der Waals surface area (Å²) >= 11 is 1.54. The third kappa shape index (κ3) is 7.18. The van der Waals surface area contributed by atoms with Crippen molar-refractivity contribution in [1.29, 1.82) is 0 Å². The first-order valence-corrected chi connectivity index (χ1v) is 15.0. The summed E-state index contributed by atoms with van der Waals surface area (Å²) in [7, 11) is 0. The number of nitrogens with one attached hydrogen (secondary N) is 1. The highest BCUT2D eigenvalue weighted by Crippen LogP contribution is 2.39. The Kier molecular flexibility index (Phi) is 9.19. The maximum atomic E-state index is 12.4. The first kappa shape index (κ1) is 28.8. The highest BCUT2D eigenvalue weighted by Gasteiger charge is 2.32. The molecule has 1 amide bonds. The van der Waals surface area contributed by atoms with E-state index in [1.807, 2.05) is 97.1 Å². The predicted octanol–water partition coefficient (Wildman–Crippen LogP) is 5.42. The molecule has 0 unspecified atom stereocenters. The Labute approximate surface area is 253 Å². The summed E-state index contributed by atoms with van der Waals surface area (Å²) < 4.78 is 14.7. The standard InChI is InChI=1S/C33H31N5O4S/c39-21-24-13-15-25(16-14-24)30-19-29(22-43-33-35-36-37-38(33)28-9-5-2-6-10-28)41-32(42-30)27-17-11-23(12-18-27)20-34-31(40)26-7-3-1-4-8-26/h1-18,29-30,32,39H,19-22H2,(H,34,40)/t29-,30+,32+/m0/s1. The maximum Gasteiger partial charge on any atom is 0.251 e. The number of carbonyl (C=O) groups is 1. The molecule has 0 saturated carbocycles. The smallest absolute Gasteiger partial charge is 0.251 e. The van der Waals surface area contributed by atoms with Crippen molar-refractivity contribution in [2.24, 2.45) is 0 Å². The quantitative estimate of drug-likeness (QED) is 0.207. The number of thioether (sulfide) groups is 1. The zero-order valence-electron chi connectivity index (χ0n) is 23.3. The Morgan fingerprint density at radius 2 is 1.53 bits per heavy atom. The Hall–Kier alpha value is -4.35. The predicted molar refractivity (Wildman–Crippen MR) is 162 cm³/mol. The summed E-state index contributed by atoms with van der Waals surface area (Å²) in [5.41, 5.74) is 5.25. The van der Waals surface area contributed by atoms with E-state index < -0.39 is 6.29 Å². The van der Waals surface area contributed by atoms with Crippen molar-refractivity contribution in [3.05, 3.63) is 137 Å². The number of nitrogens with zero attached hydrogens (tertiary/aromatic N) is 4. The lowest BCUT2D eigenvalue weighted by Crippen LogP contribution is -2.31. The highest BCUT2D eigenvalue weighted by atomic mass is 32.2. The summed E-state index contributed by atoms with van der Waals surface area (Å²) in [6, 6.07) is 34.7. The Bertz CT molecular complexity index is 1620. The van der Waals surface area contributed by atoms with E-state index in [1.165, 1.54) is 11.8 Å². The lowest BCUT2D eigenvalue weighted by molar-refractivity contribution is -0.245. The van der Waals surface area contributed by atoms with Gasteiger partial charge in [0.15, 0.2) is 6.29 Å². The van der Waals surface area contributed by atoms with Crippen LogP contribution in [0.1, 0.15) is 51.4 Å². The third-order valence-electron chi connectivity index (χ3n) is 7.20. The van der Waals surface area contributed by atoms with Crippen LogP contribution in [-0.4, -0.2) is 43.1 Å². The molecule has 218 valence electrons. The van der Waals surface area contributed by atoms with Crippen molar-refractivity contribution in [2.75, 3.05) is 5.75 Å². The minimum atomic E-state index is -0.583. The molecule has 2 heterocycles. The molecule has 4 aromatic carbocycles. The lowest BCUT2D eigenvalue weighted by atomic mass is 10.0. The molecule has 1 saturated heterocycles. The summed E-state index contributed by atoms with van der Waals surface area (Å²) in [5.74, 6) is 0.513. The van der Waals surface area contributed by atoms with Crippen LogP contribution in [0.2, 0.25) is 0 Å². The molecule has 9 nitrogen and oxygen atoms in total. The number of aliphatic hydroxyl groups excluding tert-OH is 1. The number of hydrogen-bond donors (Lipinski definition) is 2. The molecule has 1 aromatic heterocycles. The maximum absolute atomic E-state index is 12.4. The number of benzene rings is 4. The Morgan fingerprint density at radius 3 is 2.26 bits per heavy atom. The number of para-hydroxylation sites is 1. The van der Waals surface area contributed by atoms with Gasteiger partial charge >= 0.3 is 0 Å². The van der Waals surface area contributed by atoms with Crippen LogP contribution >= 0.6 is 11.8 Å². The third-order valence-corrected chi connectivity index (χ3v) is 8.25. The van der Waals surface area contributed by atoms with E-state index in [9.17, 15) is 9.90 Å². The van der Waals surface area contributed by atoms with Gasteiger partial charge in [-0.25, -0.2) is 0 Å². The van der Waals surface area contributed by atoms with Crippen molar-refractivity contribution in [3.8, 4) is 5.69 Å². The topological polar surface area (TPSA) is 111 Å². The van der Waals surface area contributed by atoms with Gasteiger partial charge in [0.2, 0.25) is 5.16 Å². The summed E-state index contributed by atoms with van der Waals surface area (Å²) in [4.78, 5) is 12.4. The van der Waals surface area contributed by atoms with Crippen LogP contribution in [0.25, 0.3) is 5.69 Å². The average molecular weight is 594 g/mol. The second kappa shape index (κ2) is 13.7. The van der Waals surface area contributed by atoms with E-state index in [4.69, 9.17) is 9.47 Å². The van der Waals surface area contributed by atoms with Crippen LogP contribution in [-0.2, 0) is 22.6 Å². The number of aromatic nitrogens is 4. The van der Waals surface area contributed by atoms with Gasteiger partial charge in [0.25, 0.3) is 5.91 Å². The van der Waals surface area contributed by atoms with Crippen molar-refractivity contribution in [2.45, 2.75) is 43.2 Å². The van der Waals surface area contributed by atoms with E-state index >= 15 is 0 Å². The molecule has 0 aliphatic carbocycles. The Morgan fingerprint density at radius 1 is 0.860 bits per heavy atom. The number of ether oxygens (including phenoxy) is 2. The SMILES string of the molecule is O=C(NCc1ccc([C@@H]2O[C@H](CSc3nnnn3-c3ccccc3)C[C@H](c3ccc(CO)cc3)O2)cc1)c1ccccc1. The van der Waals surface area contributed by atoms with Gasteiger partial charge < -0.3 is 19.9 Å². The molecular weight excluding hydrogens is 562 g/mol. The van der Waals surface area contributed by atoms with E-state index in [1.54, 1.807) is 16.8 Å². The minimum absolute atomic E-state index is 0.00884.